The Kier molecular flexibility index (Phi) is 5.11. The van der Waals surface area contributed by atoms with E-state index in [0.29, 0.717) is 11.3 Å². The van der Waals surface area contributed by atoms with Crippen molar-refractivity contribution in [3.05, 3.63) is 59.0 Å². The van der Waals surface area contributed by atoms with E-state index in [4.69, 9.17) is 9.52 Å². The van der Waals surface area contributed by atoms with Crippen molar-refractivity contribution in [2.75, 3.05) is 7.11 Å². The molecule has 1 aromatic carbocycles. The van der Waals surface area contributed by atoms with E-state index in [-0.39, 0.29) is 17.3 Å². The summed E-state index contributed by atoms with van der Waals surface area (Å²) in [5.41, 5.74) is 1.12. The second-order valence-corrected chi connectivity index (χ2v) is 5.95. The van der Waals surface area contributed by atoms with Crippen LogP contribution in [-0.2, 0) is 27.0 Å². The van der Waals surface area contributed by atoms with Gasteiger partial charge in [0.15, 0.2) is 0 Å². The van der Waals surface area contributed by atoms with Crippen LogP contribution >= 0.6 is 0 Å². The Hall–Kier alpha value is -2.41. The van der Waals surface area contributed by atoms with E-state index in [2.05, 4.69) is 4.74 Å². The fourth-order valence-electron chi connectivity index (χ4n) is 1.87. The molecule has 0 bridgehead atoms. The Balaban J connectivity index is 2.02. The summed E-state index contributed by atoms with van der Waals surface area (Å²) in [5, 5.41) is 8.76. The highest BCUT2D eigenvalue weighted by molar-refractivity contribution is 7.83. The SMILES string of the molecule is COC(=O)c1cccc(CS(=O)Cc2ccc(C(=O)O)o2)c1. The van der Waals surface area contributed by atoms with Crippen LogP contribution in [0.15, 0.2) is 40.8 Å². The van der Waals surface area contributed by atoms with Crippen molar-refractivity contribution in [2.24, 2.45) is 0 Å². The fourth-order valence-corrected chi connectivity index (χ4v) is 3.00. The van der Waals surface area contributed by atoms with E-state index < -0.39 is 22.7 Å². The van der Waals surface area contributed by atoms with Gasteiger partial charge >= 0.3 is 11.9 Å². The van der Waals surface area contributed by atoms with Gasteiger partial charge in [-0.1, -0.05) is 12.1 Å². The number of methoxy groups -OCH3 is 1. The zero-order chi connectivity index (χ0) is 16.1. The van der Waals surface area contributed by atoms with Gasteiger partial charge in [-0.3, -0.25) is 4.21 Å². The molecule has 0 radical (unpaired) electrons. The molecule has 0 spiro atoms. The number of carboxylic acids is 1. The largest absolute Gasteiger partial charge is 0.475 e. The predicted octanol–water partition coefficient (Wildman–Crippen LogP) is 2.21. The van der Waals surface area contributed by atoms with Crippen molar-refractivity contribution < 1.29 is 28.1 Å². The first-order valence-corrected chi connectivity index (χ1v) is 7.82. The lowest BCUT2D eigenvalue weighted by molar-refractivity contribution is 0.0599. The molecule has 0 saturated heterocycles. The lowest BCUT2D eigenvalue weighted by Crippen LogP contribution is -2.03. The summed E-state index contributed by atoms with van der Waals surface area (Å²) >= 11 is 0. The van der Waals surface area contributed by atoms with Gasteiger partial charge in [-0.2, -0.15) is 0 Å². The maximum absolute atomic E-state index is 12.1. The number of rotatable bonds is 6. The number of carbonyl (C=O) groups excluding carboxylic acids is 1. The minimum atomic E-state index is -1.28. The molecule has 0 aliphatic carbocycles. The summed E-state index contributed by atoms with van der Waals surface area (Å²) < 4.78 is 21.8. The molecule has 0 aliphatic rings. The molecule has 2 aromatic rings. The number of aromatic carboxylic acids is 1. The van der Waals surface area contributed by atoms with Crippen LogP contribution in [0.25, 0.3) is 0 Å². The average Bonchev–Trinajstić information content (AvgIpc) is 2.95. The van der Waals surface area contributed by atoms with E-state index in [1.165, 1.54) is 19.2 Å². The fraction of sp³-hybridized carbons (Fsp3) is 0.200. The summed E-state index contributed by atoms with van der Waals surface area (Å²) in [6.07, 6.45) is 0. The molecule has 1 atom stereocenters. The lowest BCUT2D eigenvalue weighted by atomic mass is 10.1. The second-order valence-electron chi connectivity index (χ2n) is 4.49. The first kappa shape index (κ1) is 16.0. The standard InChI is InChI=1S/C15H14O6S/c1-20-15(18)11-4-2-3-10(7-11)8-22(19)9-12-5-6-13(21-12)14(16)17/h2-7H,8-9H2,1H3,(H,16,17). The quantitative estimate of drug-likeness (QED) is 0.820. The minimum absolute atomic E-state index is 0.107. The Morgan fingerprint density at radius 1 is 1.23 bits per heavy atom. The average molecular weight is 322 g/mol. The maximum Gasteiger partial charge on any atom is 0.371 e. The second kappa shape index (κ2) is 7.04. The smallest absolute Gasteiger partial charge is 0.371 e. The molecule has 2 rings (SSSR count). The molecule has 22 heavy (non-hydrogen) atoms. The van der Waals surface area contributed by atoms with Gasteiger partial charge in [-0.15, -0.1) is 0 Å². The van der Waals surface area contributed by atoms with Crippen LogP contribution in [0.1, 0.15) is 32.2 Å². The molecule has 0 aliphatic heterocycles. The van der Waals surface area contributed by atoms with Crippen LogP contribution < -0.4 is 0 Å². The minimum Gasteiger partial charge on any atom is -0.475 e. The van der Waals surface area contributed by atoms with Crippen molar-refractivity contribution in [1.29, 1.82) is 0 Å². The normalized spacial score (nSPS) is 11.9. The number of furan rings is 1. The van der Waals surface area contributed by atoms with E-state index in [9.17, 15) is 13.8 Å². The molecule has 0 saturated carbocycles. The summed E-state index contributed by atoms with van der Waals surface area (Å²) in [6.45, 7) is 0. The maximum atomic E-state index is 12.1. The predicted molar refractivity (Wildman–Crippen MR) is 79.0 cm³/mol. The molecule has 1 unspecified atom stereocenters. The van der Waals surface area contributed by atoms with Gasteiger partial charge < -0.3 is 14.3 Å². The van der Waals surface area contributed by atoms with Gasteiger partial charge in [0.05, 0.1) is 18.4 Å². The summed E-state index contributed by atoms with van der Waals surface area (Å²) in [6, 6.07) is 9.50. The Morgan fingerprint density at radius 3 is 2.64 bits per heavy atom. The van der Waals surface area contributed by atoms with E-state index in [1.807, 2.05) is 0 Å². The summed E-state index contributed by atoms with van der Waals surface area (Å²) in [7, 11) is 0.0116. The number of hydrogen-bond donors (Lipinski definition) is 1. The van der Waals surface area contributed by atoms with Crippen LogP contribution in [0.4, 0.5) is 0 Å². The van der Waals surface area contributed by atoms with Crippen molar-refractivity contribution in [3.8, 4) is 0 Å². The van der Waals surface area contributed by atoms with Gasteiger partial charge in [-0.25, -0.2) is 9.59 Å². The number of ether oxygens (including phenoxy) is 1. The lowest BCUT2D eigenvalue weighted by Gasteiger charge is -2.04. The highest BCUT2D eigenvalue weighted by Crippen LogP contribution is 2.14. The summed E-state index contributed by atoms with van der Waals surface area (Å²) in [4.78, 5) is 22.1. The molecule has 0 fully saturated rings. The van der Waals surface area contributed by atoms with E-state index in [0.717, 1.165) is 5.56 Å². The number of benzene rings is 1. The first-order valence-electron chi connectivity index (χ1n) is 6.34. The highest BCUT2D eigenvalue weighted by Gasteiger charge is 2.12. The third kappa shape index (κ3) is 4.05. The zero-order valence-electron chi connectivity index (χ0n) is 11.8. The van der Waals surface area contributed by atoms with E-state index in [1.54, 1.807) is 24.3 Å². The monoisotopic (exact) mass is 322 g/mol. The van der Waals surface area contributed by atoms with Gasteiger partial charge in [0.25, 0.3) is 0 Å². The van der Waals surface area contributed by atoms with E-state index >= 15 is 0 Å². The van der Waals surface area contributed by atoms with Crippen molar-refractivity contribution in [2.45, 2.75) is 11.5 Å². The molecule has 1 heterocycles. The molecular formula is C15H14O6S. The highest BCUT2D eigenvalue weighted by atomic mass is 32.2. The third-order valence-electron chi connectivity index (χ3n) is 2.85. The van der Waals surface area contributed by atoms with Crippen LogP contribution in [0.3, 0.4) is 0 Å². The van der Waals surface area contributed by atoms with Gasteiger partial charge in [0, 0.05) is 16.6 Å². The molecule has 0 amide bonds. The Labute approximate surface area is 129 Å². The van der Waals surface area contributed by atoms with Crippen molar-refractivity contribution in [3.63, 3.8) is 0 Å². The first-order chi connectivity index (χ1) is 10.5. The molecule has 116 valence electrons. The van der Waals surface area contributed by atoms with Gasteiger partial charge in [0.2, 0.25) is 5.76 Å². The van der Waals surface area contributed by atoms with Crippen LogP contribution in [0.2, 0.25) is 0 Å². The van der Waals surface area contributed by atoms with Crippen LogP contribution in [0.5, 0.6) is 0 Å². The molecular weight excluding hydrogens is 308 g/mol. The van der Waals surface area contributed by atoms with Crippen LogP contribution in [0, 0.1) is 0 Å². The summed E-state index contributed by atoms with van der Waals surface area (Å²) in [5.74, 6) is -1.11. The van der Waals surface area contributed by atoms with Crippen molar-refractivity contribution in [1.82, 2.24) is 0 Å². The Morgan fingerprint density at radius 2 is 2.00 bits per heavy atom. The number of carbonyl (C=O) groups is 2. The van der Waals surface area contributed by atoms with Crippen LogP contribution in [-0.4, -0.2) is 28.4 Å². The number of carboxylic acid groups (broad SMARTS) is 1. The topological polar surface area (TPSA) is 93.8 Å². The number of esters is 1. The van der Waals surface area contributed by atoms with Gasteiger partial charge in [0.1, 0.15) is 5.76 Å². The van der Waals surface area contributed by atoms with Crippen molar-refractivity contribution >= 4 is 22.7 Å². The molecule has 6 nitrogen and oxygen atoms in total. The molecule has 1 N–H and O–H groups in total. The van der Waals surface area contributed by atoms with Gasteiger partial charge in [-0.05, 0) is 29.8 Å². The molecule has 1 aromatic heterocycles. The third-order valence-corrected chi connectivity index (χ3v) is 4.11. The zero-order valence-corrected chi connectivity index (χ0v) is 12.6. The number of hydrogen-bond acceptors (Lipinski definition) is 5. The molecule has 7 heteroatoms. The Bertz CT molecular complexity index is 718.